The molecule has 0 radical (unpaired) electrons. The minimum atomic E-state index is 0.626. The summed E-state index contributed by atoms with van der Waals surface area (Å²) in [4.78, 5) is 0. The molecule has 2 heterocycles. The lowest BCUT2D eigenvalue weighted by molar-refractivity contribution is 0.123. The Kier molecular flexibility index (Phi) is 1.13. The van der Waals surface area contributed by atoms with Gasteiger partial charge in [-0.2, -0.15) is 0 Å². The molecule has 0 saturated heterocycles. The number of hydrogen-bond acceptors (Lipinski definition) is 2. The van der Waals surface area contributed by atoms with Crippen LogP contribution in [0.25, 0.3) is 0 Å². The largest absolute Gasteiger partial charge is 0.452 e. The maximum atomic E-state index is 5.22. The number of furan rings is 1. The van der Waals surface area contributed by atoms with Gasteiger partial charge >= 0.3 is 0 Å². The van der Waals surface area contributed by atoms with Crippen molar-refractivity contribution < 1.29 is 9.15 Å². The number of hydrogen-bond donors (Lipinski definition) is 0. The lowest BCUT2D eigenvalue weighted by atomic mass is 10.3. The van der Waals surface area contributed by atoms with Crippen molar-refractivity contribution in [3.05, 3.63) is 22.1 Å². The highest BCUT2D eigenvalue weighted by molar-refractivity contribution is 9.10. The standard InChI is InChI=1S/C6H5BrO2/c7-6-1-4-2-8-3-5(4)9-6/h1H,2-3H2. The van der Waals surface area contributed by atoms with Crippen molar-refractivity contribution in [1.82, 2.24) is 0 Å². The van der Waals surface area contributed by atoms with Gasteiger partial charge in [0.25, 0.3) is 0 Å². The molecular weight excluding hydrogens is 184 g/mol. The molecule has 0 saturated carbocycles. The molecule has 2 rings (SSSR count). The highest BCUT2D eigenvalue weighted by atomic mass is 79.9. The Morgan fingerprint density at radius 1 is 1.44 bits per heavy atom. The first-order valence-electron chi connectivity index (χ1n) is 2.71. The van der Waals surface area contributed by atoms with E-state index >= 15 is 0 Å². The van der Waals surface area contributed by atoms with Crippen molar-refractivity contribution in [3.63, 3.8) is 0 Å². The molecule has 2 nitrogen and oxygen atoms in total. The normalized spacial score (nSPS) is 16.1. The number of rotatable bonds is 0. The first kappa shape index (κ1) is 5.50. The Morgan fingerprint density at radius 2 is 2.33 bits per heavy atom. The van der Waals surface area contributed by atoms with Crippen LogP contribution in [0.5, 0.6) is 0 Å². The third kappa shape index (κ3) is 0.804. The van der Waals surface area contributed by atoms with Crippen molar-refractivity contribution in [1.29, 1.82) is 0 Å². The lowest BCUT2D eigenvalue weighted by Crippen LogP contribution is -1.74. The van der Waals surface area contributed by atoms with E-state index in [1.54, 1.807) is 0 Å². The second kappa shape index (κ2) is 1.85. The number of halogens is 1. The topological polar surface area (TPSA) is 22.4 Å². The maximum Gasteiger partial charge on any atom is 0.169 e. The van der Waals surface area contributed by atoms with Gasteiger partial charge in [0.05, 0.1) is 6.61 Å². The third-order valence-electron chi connectivity index (χ3n) is 1.36. The van der Waals surface area contributed by atoms with Crippen molar-refractivity contribution in [2.45, 2.75) is 13.2 Å². The third-order valence-corrected chi connectivity index (χ3v) is 1.75. The minimum absolute atomic E-state index is 0.626. The van der Waals surface area contributed by atoms with E-state index in [0.29, 0.717) is 13.2 Å². The van der Waals surface area contributed by atoms with Crippen LogP contribution in [-0.2, 0) is 18.0 Å². The van der Waals surface area contributed by atoms with E-state index in [2.05, 4.69) is 15.9 Å². The fourth-order valence-electron chi connectivity index (χ4n) is 0.928. The zero-order chi connectivity index (χ0) is 6.27. The van der Waals surface area contributed by atoms with E-state index in [0.717, 1.165) is 10.4 Å². The molecule has 0 aliphatic carbocycles. The predicted octanol–water partition coefficient (Wildman–Crippen LogP) is 2.07. The van der Waals surface area contributed by atoms with Crippen LogP contribution in [0, 0.1) is 0 Å². The van der Waals surface area contributed by atoms with Crippen LogP contribution in [0.2, 0.25) is 0 Å². The first-order chi connectivity index (χ1) is 4.36. The molecule has 0 bridgehead atoms. The van der Waals surface area contributed by atoms with Crippen LogP contribution in [0.4, 0.5) is 0 Å². The summed E-state index contributed by atoms with van der Waals surface area (Å²) in [5, 5.41) is 0. The molecule has 1 aromatic heterocycles. The van der Waals surface area contributed by atoms with E-state index in [9.17, 15) is 0 Å². The van der Waals surface area contributed by atoms with Crippen molar-refractivity contribution in [3.8, 4) is 0 Å². The smallest absolute Gasteiger partial charge is 0.169 e. The average molecular weight is 189 g/mol. The molecule has 0 atom stereocenters. The zero-order valence-electron chi connectivity index (χ0n) is 4.69. The van der Waals surface area contributed by atoms with E-state index in [4.69, 9.17) is 9.15 Å². The molecule has 0 aromatic carbocycles. The quantitative estimate of drug-likeness (QED) is 0.623. The molecular formula is C6H5BrO2. The Hall–Kier alpha value is -0.280. The van der Waals surface area contributed by atoms with Crippen LogP contribution in [-0.4, -0.2) is 0 Å². The fraction of sp³-hybridized carbons (Fsp3) is 0.333. The highest BCUT2D eigenvalue weighted by Crippen LogP contribution is 2.26. The predicted molar refractivity (Wildman–Crippen MR) is 34.9 cm³/mol. The van der Waals surface area contributed by atoms with Crippen LogP contribution in [0.15, 0.2) is 15.2 Å². The van der Waals surface area contributed by atoms with E-state index in [1.165, 1.54) is 5.56 Å². The van der Waals surface area contributed by atoms with Gasteiger partial charge in [0.15, 0.2) is 4.67 Å². The van der Waals surface area contributed by atoms with E-state index in [-0.39, 0.29) is 0 Å². The van der Waals surface area contributed by atoms with Gasteiger partial charge in [-0.05, 0) is 22.0 Å². The maximum absolute atomic E-state index is 5.22. The molecule has 0 spiro atoms. The summed E-state index contributed by atoms with van der Waals surface area (Å²) in [5.41, 5.74) is 1.17. The van der Waals surface area contributed by atoms with Gasteiger partial charge in [-0.25, -0.2) is 0 Å². The van der Waals surface area contributed by atoms with Gasteiger partial charge in [0.1, 0.15) is 12.4 Å². The van der Waals surface area contributed by atoms with Crippen LogP contribution < -0.4 is 0 Å². The Morgan fingerprint density at radius 3 is 3.11 bits per heavy atom. The molecule has 0 N–H and O–H groups in total. The summed E-state index contributed by atoms with van der Waals surface area (Å²) in [7, 11) is 0. The molecule has 48 valence electrons. The zero-order valence-corrected chi connectivity index (χ0v) is 6.27. The Balaban J connectivity index is 2.51. The first-order valence-corrected chi connectivity index (χ1v) is 3.50. The second-order valence-electron chi connectivity index (χ2n) is 1.99. The molecule has 0 unspecified atom stereocenters. The average Bonchev–Trinajstić information content (AvgIpc) is 2.22. The molecule has 0 amide bonds. The van der Waals surface area contributed by atoms with Crippen LogP contribution in [0.3, 0.4) is 0 Å². The van der Waals surface area contributed by atoms with Gasteiger partial charge in [-0.15, -0.1) is 0 Å². The van der Waals surface area contributed by atoms with Gasteiger partial charge in [0, 0.05) is 5.56 Å². The number of fused-ring (bicyclic) bond motifs is 1. The second-order valence-corrected chi connectivity index (χ2v) is 2.77. The summed E-state index contributed by atoms with van der Waals surface area (Å²) < 4.78 is 11.1. The van der Waals surface area contributed by atoms with Crippen molar-refractivity contribution in [2.24, 2.45) is 0 Å². The van der Waals surface area contributed by atoms with Gasteiger partial charge in [-0.3, -0.25) is 0 Å². The number of ether oxygens (including phenoxy) is 1. The molecule has 0 fully saturated rings. The molecule has 1 aliphatic rings. The summed E-state index contributed by atoms with van der Waals surface area (Å²) in [6, 6.07) is 1.95. The van der Waals surface area contributed by atoms with E-state index in [1.807, 2.05) is 6.07 Å². The van der Waals surface area contributed by atoms with E-state index < -0.39 is 0 Å². The summed E-state index contributed by atoms with van der Waals surface area (Å²) in [5.74, 6) is 0.960. The monoisotopic (exact) mass is 188 g/mol. The van der Waals surface area contributed by atoms with Crippen molar-refractivity contribution in [2.75, 3.05) is 0 Å². The molecule has 1 aliphatic heterocycles. The molecule has 9 heavy (non-hydrogen) atoms. The molecule has 1 aromatic rings. The molecule has 3 heteroatoms. The van der Waals surface area contributed by atoms with Crippen molar-refractivity contribution >= 4 is 15.9 Å². The summed E-state index contributed by atoms with van der Waals surface area (Å²) >= 11 is 3.24. The Labute approximate surface area is 60.9 Å². The Bertz CT molecular complexity index is 207. The summed E-state index contributed by atoms with van der Waals surface area (Å²) in [6.07, 6.45) is 0. The van der Waals surface area contributed by atoms with Gasteiger partial charge < -0.3 is 9.15 Å². The summed E-state index contributed by atoms with van der Waals surface area (Å²) in [6.45, 7) is 1.32. The fourth-order valence-corrected chi connectivity index (χ4v) is 1.40. The van der Waals surface area contributed by atoms with Crippen LogP contribution in [0.1, 0.15) is 11.3 Å². The lowest BCUT2D eigenvalue weighted by Gasteiger charge is -1.84. The van der Waals surface area contributed by atoms with Gasteiger partial charge in [-0.1, -0.05) is 0 Å². The highest BCUT2D eigenvalue weighted by Gasteiger charge is 2.15. The SMILES string of the molecule is Brc1cc2c(o1)COC2. The van der Waals surface area contributed by atoms with Gasteiger partial charge in [0.2, 0.25) is 0 Å². The minimum Gasteiger partial charge on any atom is -0.452 e. The van der Waals surface area contributed by atoms with Crippen LogP contribution >= 0.6 is 15.9 Å².